The van der Waals surface area contributed by atoms with E-state index in [1.54, 1.807) is 24.3 Å². The second-order valence-corrected chi connectivity index (χ2v) is 6.59. The summed E-state index contributed by atoms with van der Waals surface area (Å²) in [6, 6.07) is 6.57. The van der Waals surface area contributed by atoms with E-state index in [1.165, 1.54) is 0 Å². The smallest absolute Gasteiger partial charge is 0.297 e. The quantitative estimate of drug-likeness (QED) is 0.619. The van der Waals surface area contributed by atoms with Crippen LogP contribution in [0.2, 0.25) is 0 Å². The first-order chi connectivity index (χ1) is 9.01. The highest BCUT2D eigenvalue weighted by Crippen LogP contribution is 2.22. The zero-order valence-electron chi connectivity index (χ0n) is 10.7. The van der Waals surface area contributed by atoms with Gasteiger partial charge in [0.2, 0.25) is 0 Å². The highest BCUT2D eigenvalue weighted by Gasteiger charge is 2.27. The summed E-state index contributed by atoms with van der Waals surface area (Å²) in [5.41, 5.74) is 1.00. The van der Waals surface area contributed by atoms with Crippen LogP contribution < -0.4 is 0 Å². The molecule has 2 rings (SSSR count). The van der Waals surface area contributed by atoms with Crippen molar-refractivity contribution in [3.8, 4) is 0 Å². The Morgan fingerprint density at radius 1 is 1.26 bits per heavy atom. The molecule has 0 aliphatic carbocycles. The molecule has 19 heavy (non-hydrogen) atoms. The summed E-state index contributed by atoms with van der Waals surface area (Å²) in [5.74, 6) is 0.432. The van der Waals surface area contributed by atoms with Gasteiger partial charge in [-0.2, -0.15) is 8.42 Å². The van der Waals surface area contributed by atoms with Crippen LogP contribution in [0.1, 0.15) is 18.4 Å². The first-order valence-electron chi connectivity index (χ1n) is 6.19. The molecule has 2 atom stereocenters. The van der Waals surface area contributed by atoms with Gasteiger partial charge >= 0.3 is 0 Å². The summed E-state index contributed by atoms with van der Waals surface area (Å²) < 4.78 is 34.5. The van der Waals surface area contributed by atoms with Gasteiger partial charge < -0.3 is 4.74 Å². The van der Waals surface area contributed by atoms with Crippen LogP contribution in [-0.4, -0.2) is 33.1 Å². The molecular formula is C13H17ClO4S. The number of hydrogen-bond acceptors (Lipinski definition) is 4. The minimum Gasteiger partial charge on any atom is -0.371 e. The van der Waals surface area contributed by atoms with Crippen molar-refractivity contribution in [3.63, 3.8) is 0 Å². The van der Waals surface area contributed by atoms with E-state index in [9.17, 15) is 8.42 Å². The Hall–Kier alpha value is -0.620. The standard InChI is InChI=1S/C13H17ClO4S/c1-10-2-6-13(7-3-10)19(15,16)17-9-12-5-4-11(8-14)18-12/h2-3,6-7,11-12H,4-5,8-9H2,1H3/t11-,12-/m1/s1. The van der Waals surface area contributed by atoms with E-state index in [-0.39, 0.29) is 23.7 Å². The van der Waals surface area contributed by atoms with Crippen LogP contribution in [0.5, 0.6) is 0 Å². The molecule has 1 heterocycles. The van der Waals surface area contributed by atoms with E-state index in [0.717, 1.165) is 18.4 Å². The van der Waals surface area contributed by atoms with Crippen LogP contribution in [0.3, 0.4) is 0 Å². The van der Waals surface area contributed by atoms with Gasteiger partial charge in [0.1, 0.15) is 0 Å². The van der Waals surface area contributed by atoms with Crippen LogP contribution in [0, 0.1) is 6.92 Å². The predicted molar refractivity (Wildman–Crippen MR) is 72.9 cm³/mol. The molecule has 0 radical (unpaired) electrons. The van der Waals surface area contributed by atoms with Gasteiger partial charge in [0, 0.05) is 5.88 Å². The molecule has 1 aromatic rings. The lowest BCUT2D eigenvalue weighted by molar-refractivity contribution is 0.0294. The summed E-state index contributed by atoms with van der Waals surface area (Å²) in [6.45, 7) is 1.94. The van der Waals surface area contributed by atoms with Gasteiger partial charge in [0.25, 0.3) is 10.1 Å². The first kappa shape index (κ1) is 14.8. The lowest BCUT2D eigenvalue weighted by Gasteiger charge is -2.12. The number of aryl methyl sites for hydroxylation is 1. The van der Waals surface area contributed by atoms with Crippen molar-refractivity contribution in [3.05, 3.63) is 29.8 Å². The van der Waals surface area contributed by atoms with E-state index in [1.807, 2.05) is 6.92 Å². The Labute approximate surface area is 118 Å². The van der Waals surface area contributed by atoms with E-state index in [4.69, 9.17) is 20.5 Å². The Bertz CT molecular complexity index is 512. The van der Waals surface area contributed by atoms with Gasteiger partial charge in [-0.1, -0.05) is 17.7 Å². The number of benzene rings is 1. The molecule has 1 saturated heterocycles. The lowest BCUT2D eigenvalue weighted by Crippen LogP contribution is -2.20. The van der Waals surface area contributed by atoms with E-state index in [0.29, 0.717) is 5.88 Å². The number of alkyl halides is 1. The van der Waals surface area contributed by atoms with Gasteiger partial charge in [-0.3, -0.25) is 4.18 Å². The fraction of sp³-hybridized carbons (Fsp3) is 0.538. The van der Waals surface area contributed by atoms with E-state index < -0.39 is 10.1 Å². The Balaban J connectivity index is 1.93. The topological polar surface area (TPSA) is 52.6 Å². The molecule has 1 fully saturated rings. The van der Waals surface area contributed by atoms with Gasteiger partial charge in [-0.15, -0.1) is 11.6 Å². The maximum absolute atomic E-state index is 11.9. The molecule has 1 aliphatic rings. The predicted octanol–water partition coefficient (Wildman–Crippen LogP) is 2.49. The number of halogens is 1. The van der Waals surface area contributed by atoms with Crippen molar-refractivity contribution in [1.29, 1.82) is 0 Å². The molecule has 0 N–H and O–H groups in total. The SMILES string of the molecule is Cc1ccc(S(=O)(=O)OC[C@H]2CC[C@H](CCl)O2)cc1. The highest BCUT2D eigenvalue weighted by atomic mass is 35.5. The van der Waals surface area contributed by atoms with Crippen LogP contribution in [0.25, 0.3) is 0 Å². The molecule has 6 heteroatoms. The summed E-state index contributed by atoms with van der Waals surface area (Å²) in [5, 5.41) is 0. The Morgan fingerprint density at radius 2 is 1.89 bits per heavy atom. The second kappa shape index (κ2) is 6.22. The van der Waals surface area contributed by atoms with Crippen molar-refractivity contribution < 1.29 is 17.3 Å². The zero-order valence-corrected chi connectivity index (χ0v) is 12.3. The van der Waals surface area contributed by atoms with Crippen molar-refractivity contribution in [2.75, 3.05) is 12.5 Å². The summed E-state index contributed by atoms with van der Waals surface area (Å²) in [4.78, 5) is 0.171. The van der Waals surface area contributed by atoms with Crippen molar-refractivity contribution in [2.45, 2.75) is 36.9 Å². The summed E-state index contributed by atoms with van der Waals surface area (Å²) >= 11 is 5.69. The van der Waals surface area contributed by atoms with E-state index >= 15 is 0 Å². The number of hydrogen-bond donors (Lipinski definition) is 0. The van der Waals surface area contributed by atoms with Gasteiger partial charge in [-0.25, -0.2) is 0 Å². The average molecular weight is 305 g/mol. The monoisotopic (exact) mass is 304 g/mol. The zero-order chi connectivity index (χ0) is 13.9. The second-order valence-electron chi connectivity index (χ2n) is 4.66. The number of ether oxygens (including phenoxy) is 1. The molecule has 0 unspecified atom stereocenters. The van der Waals surface area contributed by atoms with Crippen LogP contribution in [-0.2, 0) is 19.0 Å². The number of rotatable bonds is 5. The van der Waals surface area contributed by atoms with Crippen molar-refractivity contribution >= 4 is 21.7 Å². The highest BCUT2D eigenvalue weighted by molar-refractivity contribution is 7.86. The molecule has 0 spiro atoms. The first-order valence-corrected chi connectivity index (χ1v) is 8.13. The normalized spacial score (nSPS) is 23.7. The van der Waals surface area contributed by atoms with Gasteiger partial charge in [0.15, 0.2) is 0 Å². The Kier molecular flexibility index (Phi) is 4.84. The van der Waals surface area contributed by atoms with Crippen LogP contribution in [0.15, 0.2) is 29.2 Å². The minimum atomic E-state index is -3.70. The summed E-state index contributed by atoms with van der Waals surface area (Å²) in [7, 11) is -3.70. The molecule has 106 valence electrons. The minimum absolute atomic E-state index is 0.0114. The fourth-order valence-corrected chi connectivity index (χ4v) is 3.12. The molecule has 0 amide bonds. The molecule has 0 saturated carbocycles. The van der Waals surface area contributed by atoms with Crippen LogP contribution in [0.4, 0.5) is 0 Å². The largest absolute Gasteiger partial charge is 0.371 e. The molecule has 1 aliphatic heterocycles. The van der Waals surface area contributed by atoms with Crippen molar-refractivity contribution in [1.82, 2.24) is 0 Å². The third kappa shape index (κ3) is 3.92. The third-order valence-electron chi connectivity index (χ3n) is 3.09. The molecular weight excluding hydrogens is 288 g/mol. The molecule has 4 nitrogen and oxygen atoms in total. The maximum atomic E-state index is 11.9. The average Bonchev–Trinajstić information content (AvgIpc) is 2.85. The molecule has 1 aromatic carbocycles. The van der Waals surface area contributed by atoms with Gasteiger partial charge in [-0.05, 0) is 31.9 Å². The van der Waals surface area contributed by atoms with Crippen molar-refractivity contribution in [2.24, 2.45) is 0 Å². The summed E-state index contributed by atoms with van der Waals surface area (Å²) in [6.07, 6.45) is 1.45. The van der Waals surface area contributed by atoms with Gasteiger partial charge in [0.05, 0.1) is 23.7 Å². The Morgan fingerprint density at radius 3 is 2.47 bits per heavy atom. The van der Waals surface area contributed by atoms with Crippen LogP contribution >= 0.6 is 11.6 Å². The van der Waals surface area contributed by atoms with E-state index in [2.05, 4.69) is 0 Å². The molecule has 0 aromatic heterocycles. The fourth-order valence-electron chi connectivity index (χ4n) is 1.95. The lowest BCUT2D eigenvalue weighted by atomic mass is 10.2. The maximum Gasteiger partial charge on any atom is 0.297 e. The third-order valence-corrected chi connectivity index (χ3v) is 4.73. The molecule has 0 bridgehead atoms.